The number of aliphatic carboxylic acids is 1. The molecule has 4 nitrogen and oxygen atoms in total. The van der Waals surface area contributed by atoms with Gasteiger partial charge in [0.15, 0.2) is 4.75 Å². The average Bonchev–Trinajstić information content (AvgIpc) is 2.59. The number of thioether (sulfide) groups is 1. The summed E-state index contributed by atoms with van der Waals surface area (Å²) in [6, 6.07) is 17.7. The van der Waals surface area contributed by atoms with Crippen LogP contribution in [0.1, 0.15) is 25.0 Å². The van der Waals surface area contributed by atoms with Crippen molar-refractivity contribution in [1.29, 1.82) is 0 Å². The molecule has 0 aliphatic heterocycles. The van der Waals surface area contributed by atoms with Crippen molar-refractivity contribution >= 4 is 23.0 Å². The van der Waals surface area contributed by atoms with E-state index >= 15 is 0 Å². The van der Waals surface area contributed by atoms with E-state index in [0.29, 0.717) is 23.6 Å². The van der Waals surface area contributed by atoms with Crippen LogP contribution in [-0.2, 0) is 9.54 Å². The monoisotopic (exact) mass is 343 g/mol. The fraction of sp³-hybridized carbons (Fsp3) is 0.263. The number of carboxylic acid groups (broad SMARTS) is 1. The summed E-state index contributed by atoms with van der Waals surface area (Å²) >= 11 is 0.799. The molecule has 0 aliphatic rings. The van der Waals surface area contributed by atoms with Crippen LogP contribution in [0.2, 0.25) is 0 Å². The first-order valence-electron chi connectivity index (χ1n) is 7.78. The van der Waals surface area contributed by atoms with E-state index in [0.717, 1.165) is 11.8 Å². The quantitative estimate of drug-likeness (QED) is 0.828. The van der Waals surface area contributed by atoms with E-state index in [2.05, 4.69) is 5.32 Å². The third-order valence-corrected chi connectivity index (χ3v) is 4.84. The van der Waals surface area contributed by atoms with E-state index in [1.54, 1.807) is 48.5 Å². The summed E-state index contributed by atoms with van der Waals surface area (Å²) in [5.74, 6) is -0.771. The number of hydrogen-bond acceptors (Lipinski definition) is 3. The van der Waals surface area contributed by atoms with E-state index < -0.39 is 10.7 Å². The summed E-state index contributed by atoms with van der Waals surface area (Å²) in [4.78, 5) is 24.7. The highest BCUT2D eigenvalue weighted by Crippen LogP contribution is 2.43. The Hall–Kier alpha value is -2.27. The Balaban J connectivity index is 2.48. The van der Waals surface area contributed by atoms with Gasteiger partial charge in [-0.05, 0) is 28.8 Å². The lowest BCUT2D eigenvalue weighted by Crippen LogP contribution is -2.37. The molecule has 0 unspecified atom stereocenters. The number of nitrogens with one attached hydrogen (secondary N) is 1. The van der Waals surface area contributed by atoms with Crippen LogP contribution in [0.5, 0.6) is 0 Å². The Morgan fingerprint density at radius 3 is 1.83 bits per heavy atom. The predicted molar refractivity (Wildman–Crippen MR) is 97.1 cm³/mol. The normalized spacial score (nSPS) is 11.3. The molecule has 0 aliphatic carbocycles. The molecule has 0 heterocycles. The highest BCUT2D eigenvalue weighted by Gasteiger charge is 2.45. The van der Waals surface area contributed by atoms with E-state index in [4.69, 9.17) is 0 Å². The van der Waals surface area contributed by atoms with Gasteiger partial charge >= 0.3 is 5.97 Å². The molecule has 0 radical (unpaired) electrons. The molecule has 0 saturated heterocycles. The molecule has 1 amide bonds. The van der Waals surface area contributed by atoms with Gasteiger partial charge in [-0.15, -0.1) is 0 Å². The number of carbonyl (C=O) groups excluding carboxylic acids is 1. The molecular formula is C19H21NO3S. The second-order valence-corrected chi connectivity index (χ2v) is 7.07. The molecule has 0 saturated carbocycles. The topological polar surface area (TPSA) is 66.4 Å². The van der Waals surface area contributed by atoms with Crippen LogP contribution in [0.25, 0.3) is 0 Å². The van der Waals surface area contributed by atoms with Crippen molar-refractivity contribution in [2.24, 2.45) is 5.92 Å². The van der Waals surface area contributed by atoms with E-state index in [1.807, 2.05) is 26.0 Å². The fourth-order valence-corrected chi connectivity index (χ4v) is 3.41. The zero-order valence-corrected chi connectivity index (χ0v) is 14.5. The van der Waals surface area contributed by atoms with Crippen LogP contribution >= 0.6 is 11.8 Å². The van der Waals surface area contributed by atoms with Crippen molar-refractivity contribution < 1.29 is 14.7 Å². The summed E-state index contributed by atoms with van der Waals surface area (Å²) in [5, 5.41) is 12.5. The summed E-state index contributed by atoms with van der Waals surface area (Å²) in [5.41, 5.74) is 1.13. The van der Waals surface area contributed by atoms with Gasteiger partial charge in [-0.3, -0.25) is 4.79 Å². The first kappa shape index (κ1) is 18.1. The molecule has 5 heteroatoms. The van der Waals surface area contributed by atoms with Crippen LogP contribution in [0.15, 0.2) is 60.7 Å². The van der Waals surface area contributed by atoms with Crippen molar-refractivity contribution in [1.82, 2.24) is 5.32 Å². The summed E-state index contributed by atoms with van der Waals surface area (Å²) in [7, 11) is 0. The Morgan fingerprint density at radius 2 is 1.46 bits per heavy atom. The standard InChI is InChI=1S/C19H21NO3S/c1-14(2)13-20-18(23)24-19(17(21)22,15-9-5-3-6-10-15)16-11-7-4-8-12-16/h3-12,14H,13H2,1-2H3,(H,20,23)(H,21,22). The number of hydrogen-bond donors (Lipinski definition) is 2. The van der Waals surface area contributed by atoms with Crippen LogP contribution < -0.4 is 5.32 Å². The fourth-order valence-electron chi connectivity index (χ4n) is 2.38. The summed E-state index contributed by atoms with van der Waals surface area (Å²) in [6.07, 6.45) is 0. The Morgan fingerprint density at radius 1 is 1.00 bits per heavy atom. The number of rotatable bonds is 6. The minimum absolute atomic E-state index is 0.294. The maximum absolute atomic E-state index is 12.4. The molecule has 2 N–H and O–H groups in total. The van der Waals surface area contributed by atoms with E-state index in [-0.39, 0.29) is 5.24 Å². The van der Waals surface area contributed by atoms with Gasteiger partial charge in [0.2, 0.25) is 0 Å². The van der Waals surface area contributed by atoms with Gasteiger partial charge in [0.05, 0.1) is 0 Å². The van der Waals surface area contributed by atoms with Crippen molar-refractivity contribution in [2.45, 2.75) is 18.6 Å². The first-order chi connectivity index (χ1) is 11.5. The predicted octanol–water partition coefficient (Wildman–Crippen LogP) is 4.11. The highest BCUT2D eigenvalue weighted by atomic mass is 32.2. The molecule has 0 atom stereocenters. The molecule has 2 rings (SSSR count). The van der Waals surface area contributed by atoms with E-state index in [1.165, 1.54) is 0 Å². The lowest BCUT2D eigenvalue weighted by molar-refractivity contribution is -0.138. The maximum atomic E-state index is 12.4. The van der Waals surface area contributed by atoms with Crippen LogP contribution in [0.4, 0.5) is 4.79 Å². The third-order valence-electron chi connectivity index (χ3n) is 3.56. The first-order valence-corrected chi connectivity index (χ1v) is 8.59. The second kappa shape index (κ2) is 8.02. The SMILES string of the molecule is CC(C)CNC(=O)SC(C(=O)O)(c1ccccc1)c1ccccc1. The van der Waals surface area contributed by atoms with Crippen LogP contribution in [-0.4, -0.2) is 22.9 Å². The maximum Gasteiger partial charge on any atom is 0.329 e. The highest BCUT2D eigenvalue weighted by molar-refractivity contribution is 8.15. The summed E-state index contributed by atoms with van der Waals surface area (Å²) < 4.78 is -1.48. The smallest absolute Gasteiger partial charge is 0.329 e. The zero-order valence-electron chi connectivity index (χ0n) is 13.7. The molecule has 0 fully saturated rings. The Labute approximate surface area is 146 Å². The lowest BCUT2D eigenvalue weighted by atomic mass is 9.90. The average molecular weight is 343 g/mol. The molecule has 2 aromatic carbocycles. The Kier molecular flexibility index (Phi) is 6.04. The Bertz CT molecular complexity index is 647. The molecule has 0 aromatic heterocycles. The minimum Gasteiger partial charge on any atom is -0.480 e. The van der Waals surface area contributed by atoms with Gasteiger partial charge in [0, 0.05) is 6.54 Å². The zero-order chi connectivity index (χ0) is 17.6. The minimum atomic E-state index is -1.48. The van der Waals surface area contributed by atoms with Crippen LogP contribution in [0, 0.1) is 5.92 Å². The van der Waals surface area contributed by atoms with Crippen molar-refractivity contribution in [3.05, 3.63) is 71.8 Å². The number of amides is 1. The number of benzene rings is 2. The van der Waals surface area contributed by atoms with Crippen molar-refractivity contribution in [3.8, 4) is 0 Å². The van der Waals surface area contributed by atoms with Gasteiger partial charge in [0.1, 0.15) is 0 Å². The van der Waals surface area contributed by atoms with Gasteiger partial charge in [0.25, 0.3) is 5.24 Å². The molecule has 0 bridgehead atoms. The van der Waals surface area contributed by atoms with Gasteiger partial charge in [-0.2, -0.15) is 0 Å². The molecule has 126 valence electrons. The largest absolute Gasteiger partial charge is 0.480 e. The second-order valence-electron chi connectivity index (χ2n) is 5.88. The molecular weight excluding hydrogens is 322 g/mol. The van der Waals surface area contributed by atoms with E-state index in [9.17, 15) is 14.7 Å². The lowest BCUT2D eigenvalue weighted by Gasteiger charge is -2.29. The van der Waals surface area contributed by atoms with Gasteiger partial charge in [-0.25, -0.2) is 4.79 Å². The van der Waals surface area contributed by atoms with Crippen molar-refractivity contribution in [3.63, 3.8) is 0 Å². The number of carbonyl (C=O) groups is 2. The number of carboxylic acids is 1. The third kappa shape index (κ3) is 3.97. The summed E-state index contributed by atoms with van der Waals surface area (Å²) in [6.45, 7) is 4.48. The molecule has 24 heavy (non-hydrogen) atoms. The van der Waals surface area contributed by atoms with Crippen molar-refractivity contribution in [2.75, 3.05) is 6.54 Å². The van der Waals surface area contributed by atoms with Gasteiger partial charge < -0.3 is 10.4 Å². The van der Waals surface area contributed by atoms with Gasteiger partial charge in [-0.1, -0.05) is 74.5 Å². The van der Waals surface area contributed by atoms with Crippen LogP contribution in [0.3, 0.4) is 0 Å². The molecule has 2 aromatic rings. The molecule has 0 spiro atoms.